The third-order valence-electron chi connectivity index (χ3n) is 7.63. The lowest BCUT2D eigenvalue weighted by atomic mass is 9.68. The zero-order valence-corrected chi connectivity index (χ0v) is 17.2. The molecule has 3 aliphatic rings. The van der Waals surface area contributed by atoms with Crippen molar-refractivity contribution in [2.45, 2.75) is 31.2 Å². The van der Waals surface area contributed by atoms with E-state index in [1.54, 1.807) is 18.2 Å². The van der Waals surface area contributed by atoms with Crippen molar-refractivity contribution in [3.63, 3.8) is 0 Å². The number of nitrogens with one attached hydrogen (secondary N) is 2. The van der Waals surface area contributed by atoms with Gasteiger partial charge in [0.15, 0.2) is 0 Å². The molecule has 1 amide bonds. The van der Waals surface area contributed by atoms with Gasteiger partial charge < -0.3 is 10.6 Å². The molecular formula is C27H25FN2O. The number of anilines is 2. The van der Waals surface area contributed by atoms with E-state index in [4.69, 9.17) is 0 Å². The summed E-state index contributed by atoms with van der Waals surface area (Å²) < 4.78 is 14.0. The smallest absolute Gasteiger partial charge is 0.255 e. The van der Waals surface area contributed by atoms with E-state index in [0.29, 0.717) is 29.4 Å². The second-order valence-electron chi connectivity index (χ2n) is 9.21. The summed E-state index contributed by atoms with van der Waals surface area (Å²) in [6, 6.07) is 23.3. The maximum absolute atomic E-state index is 14.0. The van der Waals surface area contributed by atoms with Gasteiger partial charge in [0, 0.05) is 11.3 Å². The number of hydrogen-bond acceptors (Lipinski definition) is 2. The summed E-state index contributed by atoms with van der Waals surface area (Å²) in [6.07, 6.45) is 3.86. The Morgan fingerprint density at radius 1 is 0.935 bits per heavy atom. The van der Waals surface area contributed by atoms with Crippen molar-refractivity contribution < 1.29 is 9.18 Å². The number of amides is 1. The standard InChI is InChI=1S/C27H25FN2O/c28-21-8-4-5-9-23(21)30-27(31)19-12-13-22-20(15-19)24-17-10-11-18(14-17)25(24)26(29-22)16-6-2-1-3-7-16/h1-9,12-13,15,17-18,24-26,29H,10-11,14H2,(H,30,31)/t17-,18-,24-,25+,26-/m0/s1. The van der Waals surface area contributed by atoms with Crippen molar-refractivity contribution in [3.8, 4) is 0 Å². The van der Waals surface area contributed by atoms with E-state index in [1.165, 1.54) is 36.5 Å². The molecule has 156 valence electrons. The van der Waals surface area contributed by atoms with Gasteiger partial charge in [-0.1, -0.05) is 42.5 Å². The van der Waals surface area contributed by atoms with Crippen LogP contribution >= 0.6 is 0 Å². The number of benzene rings is 3. The Bertz CT molecular complexity index is 1140. The van der Waals surface area contributed by atoms with Crippen LogP contribution in [0.15, 0.2) is 72.8 Å². The van der Waals surface area contributed by atoms with E-state index >= 15 is 0 Å². The predicted octanol–water partition coefficient (Wildman–Crippen LogP) is 6.37. The van der Waals surface area contributed by atoms with Gasteiger partial charge in [0.05, 0.1) is 11.7 Å². The minimum atomic E-state index is -0.422. The molecular weight excluding hydrogens is 387 g/mol. The fraction of sp³-hybridized carbons (Fsp3) is 0.296. The number of hydrogen-bond donors (Lipinski definition) is 2. The highest BCUT2D eigenvalue weighted by molar-refractivity contribution is 6.04. The van der Waals surface area contributed by atoms with Crippen LogP contribution < -0.4 is 10.6 Å². The van der Waals surface area contributed by atoms with E-state index in [-0.39, 0.29) is 11.6 Å². The first-order chi connectivity index (χ1) is 15.2. The van der Waals surface area contributed by atoms with Crippen molar-refractivity contribution in [1.29, 1.82) is 0 Å². The van der Waals surface area contributed by atoms with Gasteiger partial charge in [-0.25, -0.2) is 4.39 Å². The average molecular weight is 413 g/mol. The first-order valence-electron chi connectivity index (χ1n) is 11.2. The zero-order valence-electron chi connectivity index (χ0n) is 17.2. The molecule has 3 aromatic rings. The normalized spacial score (nSPS) is 27.8. The summed E-state index contributed by atoms with van der Waals surface area (Å²) in [5.74, 6) is 1.76. The van der Waals surface area contributed by atoms with Gasteiger partial charge in [-0.3, -0.25) is 4.79 Å². The maximum Gasteiger partial charge on any atom is 0.255 e. The van der Waals surface area contributed by atoms with Gasteiger partial charge in [0.25, 0.3) is 5.91 Å². The lowest BCUT2D eigenvalue weighted by Gasteiger charge is -2.43. The van der Waals surface area contributed by atoms with Gasteiger partial charge >= 0.3 is 0 Å². The molecule has 0 saturated heterocycles. The Balaban J connectivity index is 1.36. The van der Waals surface area contributed by atoms with Crippen LogP contribution in [0.25, 0.3) is 0 Å². The lowest BCUT2D eigenvalue weighted by Crippen LogP contribution is -2.35. The molecule has 2 N–H and O–H groups in total. The van der Waals surface area contributed by atoms with E-state index in [9.17, 15) is 9.18 Å². The van der Waals surface area contributed by atoms with Crippen LogP contribution in [0.4, 0.5) is 15.8 Å². The number of para-hydroxylation sites is 1. The molecule has 0 spiro atoms. The van der Waals surface area contributed by atoms with Crippen LogP contribution in [0.5, 0.6) is 0 Å². The quantitative estimate of drug-likeness (QED) is 0.524. The number of carbonyl (C=O) groups is 1. The molecule has 6 rings (SSSR count). The lowest BCUT2D eigenvalue weighted by molar-refractivity contribution is 0.102. The van der Waals surface area contributed by atoms with Crippen LogP contribution in [0.2, 0.25) is 0 Å². The topological polar surface area (TPSA) is 41.1 Å². The number of fused-ring (bicyclic) bond motifs is 7. The highest BCUT2D eigenvalue weighted by atomic mass is 19.1. The first-order valence-corrected chi connectivity index (χ1v) is 11.2. The summed E-state index contributed by atoms with van der Waals surface area (Å²) in [5.41, 5.74) is 4.53. The van der Waals surface area contributed by atoms with Crippen molar-refractivity contribution in [1.82, 2.24) is 0 Å². The van der Waals surface area contributed by atoms with Gasteiger partial charge in [-0.05, 0) is 84.4 Å². The van der Waals surface area contributed by atoms with E-state index in [1.807, 2.05) is 18.2 Å². The molecule has 31 heavy (non-hydrogen) atoms. The van der Waals surface area contributed by atoms with Crippen molar-refractivity contribution >= 4 is 17.3 Å². The molecule has 3 aromatic carbocycles. The first kappa shape index (κ1) is 18.6. The van der Waals surface area contributed by atoms with Crippen molar-refractivity contribution in [3.05, 3.63) is 95.3 Å². The fourth-order valence-electron chi connectivity index (χ4n) is 6.37. The number of carbonyl (C=O) groups excluding carboxylic acids is 1. The Morgan fingerprint density at radius 3 is 2.55 bits per heavy atom. The van der Waals surface area contributed by atoms with Gasteiger partial charge in [0.2, 0.25) is 0 Å². The Labute approximate surface area is 181 Å². The van der Waals surface area contributed by atoms with Crippen LogP contribution in [0.1, 0.15) is 52.7 Å². The van der Waals surface area contributed by atoms with Gasteiger partial charge in [-0.2, -0.15) is 0 Å². The molecule has 2 fully saturated rings. The third kappa shape index (κ3) is 3.04. The molecule has 0 aromatic heterocycles. The fourth-order valence-corrected chi connectivity index (χ4v) is 6.37. The van der Waals surface area contributed by atoms with Crippen LogP contribution in [-0.2, 0) is 0 Å². The monoisotopic (exact) mass is 412 g/mol. The number of halogens is 1. The summed E-state index contributed by atoms with van der Waals surface area (Å²) in [7, 11) is 0. The molecule has 0 unspecified atom stereocenters. The average Bonchev–Trinajstić information content (AvgIpc) is 3.43. The molecule has 3 nitrogen and oxygen atoms in total. The van der Waals surface area contributed by atoms with Crippen LogP contribution in [0, 0.1) is 23.6 Å². The van der Waals surface area contributed by atoms with Crippen molar-refractivity contribution in [2.75, 3.05) is 10.6 Å². The SMILES string of the molecule is O=C(Nc1ccccc1F)c1ccc2c(c1)[C@@H]1[C@H]3CC[C@@H](C3)[C@H]1[C@H](c1ccccc1)N2. The summed E-state index contributed by atoms with van der Waals surface area (Å²) in [4.78, 5) is 12.9. The molecule has 2 saturated carbocycles. The van der Waals surface area contributed by atoms with Crippen molar-refractivity contribution in [2.24, 2.45) is 17.8 Å². The second-order valence-corrected chi connectivity index (χ2v) is 9.21. The Morgan fingerprint density at radius 2 is 1.71 bits per heavy atom. The molecule has 0 radical (unpaired) electrons. The maximum atomic E-state index is 14.0. The zero-order chi connectivity index (χ0) is 20.9. The van der Waals surface area contributed by atoms with E-state index < -0.39 is 5.82 Å². The molecule has 1 heterocycles. The molecule has 2 bridgehead atoms. The third-order valence-corrected chi connectivity index (χ3v) is 7.63. The highest BCUT2D eigenvalue weighted by Gasteiger charge is 2.53. The summed E-state index contributed by atoms with van der Waals surface area (Å²) in [5, 5.41) is 6.53. The highest BCUT2D eigenvalue weighted by Crippen LogP contribution is 2.63. The largest absolute Gasteiger partial charge is 0.378 e. The summed E-state index contributed by atoms with van der Waals surface area (Å²) in [6.45, 7) is 0. The van der Waals surface area contributed by atoms with E-state index in [0.717, 1.165) is 11.6 Å². The Hall–Kier alpha value is -3.14. The second kappa shape index (κ2) is 7.23. The molecule has 2 aliphatic carbocycles. The molecule has 5 atom stereocenters. The predicted molar refractivity (Wildman–Crippen MR) is 121 cm³/mol. The van der Waals surface area contributed by atoms with Gasteiger partial charge in [-0.15, -0.1) is 0 Å². The van der Waals surface area contributed by atoms with Crippen LogP contribution in [0.3, 0.4) is 0 Å². The Kier molecular flexibility index (Phi) is 4.34. The minimum Gasteiger partial charge on any atom is -0.378 e. The molecule has 4 heteroatoms. The minimum absolute atomic E-state index is 0.213. The molecule has 1 aliphatic heterocycles. The summed E-state index contributed by atoms with van der Waals surface area (Å²) >= 11 is 0. The van der Waals surface area contributed by atoms with E-state index in [2.05, 4.69) is 41.0 Å². The number of rotatable bonds is 3. The van der Waals surface area contributed by atoms with Gasteiger partial charge in [0.1, 0.15) is 5.82 Å². The van der Waals surface area contributed by atoms with Crippen LogP contribution in [-0.4, -0.2) is 5.91 Å².